The molecule has 0 bridgehead atoms. The van der Waals surface area contributed by atoms with Gasteiger partial charge in [-0.2, -0.15) is 0 Å². The number of hydrogen-bond acceptors (Lipinski definition) is 5. The summed E-state index contributed by atoms with van der Waals surface area (Å²) in [6, 6.07) is 7.37. The van der Waals surface area contributed by atoms with Crippen molar-refractivity contribution in [2.24, 2.45) is 5.92 Å². The van der Waals surface area contributed by atoms with Crippen molar-refractivity contribution < 1.29 is 18.0 Å². The molecule has 1 aliphatic rings. The molecule has 9 heteroatoms. The highest BCUT2D eigenvalue weighted by atomic mass is 35.5. The lowest BCUT2D eigenvalue weighted by Crippen LogP contribution is -2.43. The van der Waals surface area contributed by atoms with E-state index in [1.165, 1.54) is 11.8 Å². The first-order chi connectivity index (χ1) is 11.3. The Kier molecular flexibility index (Phi) is 6.94. The number of carbonyl (C=O) groups is 2. The maximum absolute atomic E-state index is 11.7. The molecule has 2 rings (SSSR count). The van der Waals surface area contributed by atoms with Crippen LogP contribution in [0.25, 0.3) is 0 Å². The standard InChI is InChI=1S/C15H19ClN2O4S2/c16-13-3-1-11(2-4-13)8-23-9-15(20)18-17-14(19)7-12-5-6-24(21,22)10-12/h1-4,12H,5-10H2,(H,17,19)(H,18,20). The number of nitrogens with one attached hydrogen (secondary N) is 2. The van der Waals surface area contributed by atoms with Crippen LogP contribution in [0.4, 0.5) is 0 Å². The van der Waals surface area contributed by atoms with E-state index in [0.29, 0.717) is 17.2 Å². The van der Waals surface area contributed by atoms with Gasteiger partial charge in [0.25, 0.3) is 0 Å². The minimum Gasteiger partial charge on any atom is -0.273 e. The van der Waals surface area contributed by atoms with Crippen LogP contribution in [0, 0.1) is 5.92 Å². The molecule has 1 fully saturated rings. The number of benzene rings is 1. The molecular formula is C15H19ClN2O4S2. The molecule has 1 aromatic carbocycles. The molecule has 1 aliphatic heterocycles. The van der Waals surface area contributed by atoms with Crippen LogP contribution in [0.15, 0.2) is 24.3 Å². The first-order valence-corrected chi connectivity index (χ1v) is 10.8. The minimum absolute atomic E-state index is 0.0469. The molecule has 0 aliphatic carbocycles. The summed E-state index contributed by atoms with van der Waals surface area (Å²) in [7, 11) is -2.99. The van der Waals surface area contributed by atoms with E-state index >= 15 is 0 Å². The Balaban J connectivity index is 1.60. The lowest BCUT2D eigenvalue weighted by molar-refractivity contribution is -0.128. The fraction of sp³-hybridized carbons (Fsp3) is 0.467. The average molecular weight is 391 g/mol. The third-order valence-electron chi connectivity index (χ3n) is 3.56. The van der Waals surface area contributed by atoms with E-state index in [1.807, 2.05) is 12.1 Å². The van der Waals surface area contributed by atoms with Gasteiger partial charge in [-0.15, -0.1) is 11.8 Å². The van der Waals surface area contributed by atoms with Gasteiger partial charge in [0.1, 0.15) is 0 Å². The van der Waals surface area contributed by atoms with Crippen LogP contribution in [0.2, 0.25) is 5.02 Å². The normalized spacial score (nSPS) is 19.0. The molecule has 0 spiro atoms. The van der Waals surface area contributed by atoms with Crippen LogP contribution in [0.3, 0.4) is 0 Å². The molecule has 2 N–H and O–H groups in total. The monoisotopic (exact) mass is 390 g/mol. The van der Waals surface area contributed by atoms with Crippen molar-refractivity contribution >= 4 is 45.0 Å². The van der Waals surface area contributed by atoms with Gasteiger partial charge in [-0.25, -0.2) is 8.42 Å². The number of carbonyl (C=O) groups excluding carboxylic acids is 2. The van der Waals surface area contributed by atoms with Crippen LogP contribution in [-0.2, 0) is 25.2 Å². The van der Waals surface area contributed by atoms with Crippen molar-refractivity contribution in [3.63, 3.8) is 0 Å². The van der Waals surface area contributed by atoms with E-state index in [4.69, 9.17) is 11.6 Å². The van der Waals surface area contributed by atoms with Crippen molar-refractivity contribution in [1.29, 1.82) is 0 Å². The number of halogens is 1. The molecule has 1 atom stereocenters. The smallest absolute Gasteiger partial charge is 0.248 e. The summed E-state index contributed by atoms with van der Waals surface area (Å²) in [5.41, 5.74) is 5.73. The zero-order chi connectivity index (χ0) is 17.6. The SMILES string of the molecule is O=C(CSCc1ccc(Cl)cc1)NNC(=O)CC1CCS(=O)(=O)C1. The Morgan fingerprint density at radius 2 is 1.83 bits per heavy atom. The number of sulfone groups is 1. The largest absolute Gasteiger partial charge is 0.273 e. The van der Waals surface area contributed by atoms with Gasteiger partial charge in [0, 0.05) is 17.2 Å². The van der Waals surface area contributed by atoms with Crippen LogP contribution in [0.5, 0.6) is 0 Å². The maximum Gasteiger partial charge on any atom is 0.248 e. The summed E-state index contributed by atoms with van der Waals surface area (Å²) in [6.07, 6.45) is 0.609. The molecule has 1 saturated heterocycles. The van der Waals surface area contributed by atoms with Gasteiger partial charge in [0.05, 0.1) is 17.3 Å². The summed E-state index contributed by atoms with van der Waals surface area (Å²) in [4.78, 5) is 23.4. The lowest BCUT2D eigenvalue weighted by atomic mass is 10.1. The van der Waals surface area contributed by atoms with Gasteiger partial charge < -0.3 is 0 Å². The van der Waals surface area contributed by atoms with Crippen molar-refractivity contribution in [2.75, 3.05) is 17.3 Å². The van der Waals surface area contributed by atoms with E-state index in [-0.39, 0.29) is 41.4 Å². The minimum atomic E-state index is -2.99. The summed E-state index contributed by atoms with van der Waals surface area (Å²) in [6.45, 7) is 0. The topological polar surface area (TPSA) is 92.3 Å². The molecule has 6 nitrogen and oxygen atoms in total. The first kappa shape index (κ1) is 19.1. The predicted molar refractivity (Wildman–Crippen MR) is 95.3 cm³/mol. The zero-order valence-electron chi connectivity index (χ0n) is 13.0. The molecule has 1 unspecified atom stereocenters. The second-order valence-electron chi connectivity index (χ2n) is 5.69. The predicted octanol–water partition coefficient (Wildman–Crippen LogP) is 1.55. The Morgan fingerprint density at radius 1 is 1.17 bits per heavy atom. The number of thioether (sulfide) groups is 1. The highest BCUT2D eigenvalue weighted by molar-refractivity contribution is 7.99. The fourth-order valence-corrected chi connectivity index (χ4v) is 5.14. The third-order valence-corrected chi connectivity index (χ3v) is 6.65. The Bertz CT molecular complexity index is 692. The molecule has 0 aromatic heterocycles. The summed E-state index contributed by atoms with van der Waals surface area (Å²) in [5, 5.41) is 0.666. The van der Waals surface area contributed by atoms with E-state index < -0.39 is 9.84 Å². The summed E-state index contributed by atoms with van der Waals surface area (Å²) >= 11 is 7.22. The number of hydrogen-bond donors (Lipinski definition) is 2. The third kappa shape index (κ3) is 6.70. The second kappa shape index (κ2) is 8.73. The van der Waals surface area contributed by atoms with E-state index in [9.17, 15) is 18.0 Å². The van der Waals surface area contributed by atoms with Crippen LogP contribution < -0.4 is 10.9 Å². The van der Waals surface area contributed by atoms with Gasteiger partial charge in [0.15, 0.2) is 9.84 Å². The van der Waals surface area contributed by atoms with E-state index in [0.717, 1.165) is 5.56 Å². The van der Waals surface area contributed by atoms with E-state index in [1.54, 1.807) is 12.1 Å². The maximum atomic E-state index is 11.7. The first-order valence-electron chi connectivity index (χ1n) is 7.44. The van der Waals surface area contributed by atoms with Crippen molar-refractivity contribution in [2.45, 2.75) is 18.6 Å². The van der Waals surface area contributed by atoms with Crippen LogP contribution in [0.1, 0.15) is 18.4 Å². The Hall–Kier alpha value is -1.25. The van der Waals surface area contributed by atoms with Gasteiger partial charge >= 0.3 is 0 Å². The Morgan fingerprint density at radius 3 is 2.46 bits per heavy atom. The zero-order valence-corrected chi connectivity index (χ0v) is 15.3. The molecule has 1 heterocycles. The lowest BCUT2D eigenvalue weighted by Gasteiger charge is -2.10. The summed E-state index contributed by atoms with van der Waals surface area (Å²) < 4.78 is 22.7. The number of rotatable bonds is 6. The molecule has 2 amide bonds. The molecule has 0 saturated carbocycles. The van der Waals surface area contributed by atoms with Gasteiger partial charge in [-0.1, -0.05) is 23.7 Å². The van der Waals surface area contributed by atoms with Crippen molar-refractivity contribution in [3.8, 4) is 0 Å². The van der Waals surface area contributed by atoms with Crippen molar-refractivity contribution in [1.82, 2.24) is 10.9 Å². The van der Waals surface area contributed by atoms with Crippen LogP contribution >= 0.6 is 23.4 Å². The average Bonchev–Trinajstić information content (AvgIpc) is 2.86. The highest BCUT2D eigenvalue weighted by Crippen LogP contribution is 2.21. The van der Waals surface area contributed by atoms with E-state index in [2.05, 4.69) is 10.9 Å². The van der Waals surface area contributed by atoms with Crippen molar-refractivity contribution in [3.05, 3.63) is 34.9 Å². The van der Waals surface area contributed by atoms with Gasteiger partial charge in [-0.3, -0.25) is 20.4 Å². The fourth-order valence-electron chi connectivity index (χ4n) is 2.36. The molecule has 24 heavy (non-hydrogen) atoms. The highest BCUT2D eigenvalue weighted by Gasteiger charge is 2.29. The molecular weight excluding hydrogens is 372 g/mol. The second-order valence-corrected chi connectivity index (χ2v) is 9.34. The quantitative estimate of drug-likeness (QED) is 0.719. The van der Waals surface area contributed by atoms with Crippen LogP contribution in [-0.4, -0.2) is 37.5 Å². The molecule has 1 aromatic rings. The number of amides is 2. The number of hydrazine groups is 1. The van der Waals surface area contributed by atoms with Gasteiger partial charge in [-0.05, 0) is 30.0 Å². The molecule has 132 valence electrons. The molecule has 0 radical (unpaired) electrons. The Labute approximate surface area is 150 Å². The summed E-state index contributed by atoms with van der Waals surface area (Å²) in [5.74, 6) is 0.226. The van der Waals surface area contributed by atoms with Gasteiger partial charge in [0.2, 0.25) is 11.8 Å².